The molecule has 0 aliphatic rings. The topological polar surface area (TPSA) is 148 Å². The summed E-state index contributed by atoms with van der Waals surface area (Å²) in [6.45, 7) is 0. The molecule has 1 atom stereocenters. The summed E-state index contributed by atoms with van der Waals surface area (Å²) in [7, 11) is -10.0. The van der Waals surface area contributed by atoms with Gasteiger partial charge in [0.2, 0.25) is 5.34 Å². The van der Waals surface area contributed by atoms with Gasteiger partial charge in [-0.25, -0.2) is 0 Å². The molecule has 0 saturated carbocycles. The van der Waals surface area contributed by atoms with Crippen molar-refractivity contribution < 1.29 is 64.8 Å². The minimum atomic E-state index is -5.18. The van der Waals surface area contributed by atoms with Gasteiger partial charge >= 0.3 is 44.7 Å². The van der Waals surface area contributed by atoms with Crippen LogP contribution < -0.4 is 29.6 Å². The second kappa shape index (κ2) is 6.24. The SMILES string of the molecule is O=P(O)(O)CC(O)(c1cccnc1)P(=O)(O)O.[H-].[Na+]. The fourth-order valence-electron chi connectivity index (χ4n) is 1.24. The zero-order valence-electron chi connectivity index (χ0n) is 10.4. The Labute approximate surface area is 126 Å². The van der Waals surface area contributed by atoms with E-state index in [2.05, 4.69) is 4.98 Å². The maximum absolute atomic E-state index is 11.2. The summed E-state index contributed by atoms with van der Waals surface area (Å²) in [5, 5.41) is 6.92. The molecule has 18 heavy (non-hydrogen) atoms. The first kappa shape index (κ1) is 18.4. The fourth-order valence-corrected chi connectivity index (χ4v) is 3.75. The molecule has 0 aliphatic heterocycles. The second-order valence-corrected chi connectivity index (χ2v) is 6.90. The predicted octanol–water partition coefficient (Wildman–Crippen LogP) is -3.30. The van der Waals surface area contributed by atoms with Gasteiger partial charge in [-0.2, -0.15) is 0 Å². The van der Waals surface area contributed by atoms with E-state index in [4.69, 9.17) is 19.6 Å². The first-order valence-corrected chi connectivity index (χ1v) is 7.70. The van der Waals surface area contributed by atoms with E-state index in [1.807, 2.05) is 0 Å². The number of rotatable bonds is 4. The maximum Gasteiger partial charge on any atom is 1.00 e. The van der Waals surface area contributed by atoms with Gasteiger partial charge in [0.25, 0.3) is 0 Å². The predicted molar refractivity (Wildman–Crippen MR) is 58.2 cm³/mol. The van der Waals surface area contributed by atoms with Gasteiger partial charge in [-0.15, -0.1) is 0 Å². The molecule has 1 aromatic heterocycles. The van der Waals surface area contributed by atoms with Crippen LogP contribution in [0.4, 0.5) is 0 Å². The zero-order chi connectivity index (χ0) is 13.3. The number of hydrogen-bond donors (Lipinski definition) is 5. The molecule has 11 heteroatoms. The van der Waals surface area contributed by atoms with Gasteiger partial charge in [0.1, 0.15) is 0 Å². The van der Waals surface area contributed by atoms with Crippen molar-refractivity contribution in [3.63, 3.8) is 0 Å². The Hall–Kier alpha value is 0.410. The van der Waals surface area contributed by atoms with Crippen LogP contribution in [0, 0.1) is 0 Å². The van der Waals surface area contributed by atoms with Gasteiger partial charge in [0.15, 0.2) is 0 Å². The third-order valence-electron chi connectivity index (χ3n) is 2.03. The molecule has 98 valence electrons. The Morgan fingerprint density at radius 2 is 1.83 bits per heavy atom. The number of nitrogens with zero attached hydrogens (tertiary/aromatic N) is 1. The van der Waals surface area contributed by atoms with E-state index < -0.39 is 26.7 Å². The Morgan fingerprint density at radius 3 is 2.17 bits per heavy atom. The molecule has 0 amide bonds. The third-order valence-corrected chi connectivity index (χ3v) is 4.53. The van der Waals surface area contributed by atoms with Crippen molar-refractivity contribution in [1.82, 2.24) is 4.98 Å². The molecular formula is C7H12NNaO7P2. The van der Waals surface area contributed by atoms with Crippen molar-refractivity contribution in [3.8, 4) is 0 Å². The number of aromatic nitrogens is 1. The van der Waals surface area contributed by atoms with E-state index in [-0.39, 0.29) is 36.5 Å². The smallest absolute Gasteiger partial charge is 1.00 e. The summed E-state index contributed by atoms with van der Waals surface area (Å²) < 4.78 is 22.0. The summed E-state index contributed by atoms with van der Waals surface area (Å²) in [5.74, 6) is 0. The van der Waals surface area contributed by atoms with Gasteiger partial charge in [0.05, 0.1) is 6.16 Å². The number of pyridine rings is 1. The molecule has 5 N–H and O–H groups in total. The van der Waals surface area contributed by atoms with Gasteiger partial charge in [0, 0.05) is 18.0 Å². The van der Waals surface area contributed by atoms with Crippen LogP contribution >= 0.6 is 15.2 Å². The van der Waals surface area contributed by atoms with Crippen molar-refractivity contribution >= 4 is 15.2 Å². The van der Waals surface area contributed by atoms with Gasteiger partial charge in [-0.3, -0.25) is 14.1 Å². The number of hydrogen-bond acceptors (Lipinski definition) is 4. The molecule has 0 aromatic carbocycles. The van der Waals surface area contributed by atoms with Gasteiger partial charge in [-0.1, -0.05) is 6.07 Å². The summed E-state index contributed by atoms with van der Waals surface area (Å²) in [6.07, 6.45) is 0.853. The van der Waals surface area contributed by atoms with Crippen LogP contribution in [-0.2, 0) is 14.5 Å². The fraction of sp³-hybridized carbons (Fsp3) is 0.286. The minimum absolute atomic E-state index is 0. The summed E-state index contributed by atoms with van der Waals surface area (Å²) in [5.41, 5.74) is -0.350. The van der Waals surface area contributed by atoms with Crippen molar-refractivity contribution in [1.29, 1.82) is 0 Å². The van der Waals surface area contributed by atoms with Crippen LogP contribution in [0.15, 0.2) is 24.5 Å². The van der Waals surface area contributed by atoms with Crippen LogP contribution in [0.5, 0.6) is 0 Å². The molecule has 0 fully saturated rings. The van der Waals surface area contributed by atoms with Crippen molar-refractivity contribution in [2.45, 2.75) is 5.34 Å². The molecule has 1 aromatic rings. The average molecular weight is 307 g/mol. The molecule has 1 rings (SSSR count). The Balaban J connectivity index is 0. The van der Waals surface area contributed by atoms with E-state index in [1.54, 1.807) is 0 Å². The summed E-state index contributed by atoms with van der Waals surface area (Å²) in [4.78, 5) is 39.2. The summed E-state index contributed by atoms with van der Waals surface area (Å²) >= 11 is 0. The standard InChI is InChI=1S/C7H11NO7P2.Na.H/c9-7(17(13,14)15,5-16(10,11)12)6-2-1-3-8-4-6;;/h1-4,9H,5H2,(H2,10,11,12)(H2,13,14,15);;/q;+1;-1. The molecule has 0 bridgehead atoms. The Kier molecular flexibility index (Phi) is 6.38. The van der Waals surface area contributed by atoms with Crippen molar-refractivity contribution in [2.75, 3.05) is 6.16 Å². The van der Waals surface area contributed by atoms with Crippen molar-refractivity contribution in [3.05, 3.63) is 30.1 Å². The van der Waals surface area contributed by atoms with E-state index in [0.29, 0.717) is 0 Å². The first-order valence-electron chi connectivity index (χ1n) is 4.29. The quantitative estimate of drug-likeness (QED) is 0.287. The second-order valence-electron chi connectivity index (χ2n) is 3.43. The molecular weight excluding hydrogens is 295 g/mol. The van der Waals surface area contributed by atoms with Crippen molar-refractivity contribution in [2.24, 2.45) is 0 Å². The molecule has 1 heterocycles. The zero-order valence-corrected chi connectivity index (χ0v) is 13.2. The van der Waals surface area contributed by atoms with Gasteiger partial charge in [-0.05, 0) is 6.07 Å². The molecule has 1 unspecified atom stereocenters. The Morgan fingerprint density at radius 1 is 1.28 bits per heavy atom. The van der Waals surface area contributed by atoms with Crippen LogP contribution in [-0.4, -0.2) is 35.8 Å². The Bertz CT molecular complexity index is 491. The summed E-state index contributed by atoms with van der Waals surface area (Å²) in [6, 6.07) is 2.41. The van der Waals surface area contributed by atoms with Crippen LogP contribution in [0.3, 0.4) is 0 Å². The molecule has 0 spiro atoms. The van der Waals surface area contributed by atoms with Gasteiger partial charge < -0.3 is 26.1 Å². The van der Waals surface area contributed by atoms with Crippen LogP contribution in [0.1, 0.15) is 6.99 Å². The molecule has 0 saturated heterocycles. The van der Waals surface area contributed by atoms with E-state index in [0.717, 1.165) is 12.3 Å². The first-order chi connectivity index (χ1) is 7.56. The average Bonchev–Trinajstić information content (AvgIpc) is 2.14. The molecule has 8 nitrogen and oxygen atoms in total. The molecule has 0 radical (unpaired) electrons. The third kappa shape index (κ3) is 4.51. The van der Waals surface area contributed by atoms with Crippen LogP contribution in [0.2, 0.25) is 0 Å². The molecule has 0 aliphatic carbocycles. The largest absolute Gasteiger partial charge is 1.00 e. The normalized spacial score (nSPS) is 15.6. The maximum atomic E-state index is 11.2. The number of aliphatic hydroxyl groups is 1. The van der Waals surface area contributed by atoms with E-state index in [1.165, 1.54) is 12.3 Å². The monoisotopic (exact) mass is 307 g/mol. The van der Waals surface area contributed by atoms with E-state index in [9.17, 15) is 14.2 Å². The minimum Gasteiger partial charge on any atom is -1.00 e. The van der Waals surface area contributed by atoms with E-state index >= 15 is 0 Å². The van der Waals surface area contributed by atoms with Crippen LogP contribution in [0.25, 0.3) is 0 Å².